The zero-order chi connectivity index (χ0) is 16.9. The smallest absolute Gasteiger partial charge is 0.193 e. The Labute approximate surface area is 164 Å². The van der Waals surface area contributed by atoms with E-state index in [9.17, 15) is 0 Å². The Morgan fingerprint density at radius 3 is 2.79 bits per heavy atom. The summed E-state index contributed by atoms with van der Waals surface area (Å²) in [5.41, 5.74) is 1.28. The van der Waals surface area contributed by atoms with Crippen LogP contribution in [-0.2, 0) is 5.41 Å². The monoisotopic (exact) mass is 445 g/mol. The van der Waals surface area contributed by atoms with Gasteiger partial charge in [0.25, 0.3) is 0 Å². The summed E-state index contributed by atoms with van der Waals surface area (Å²) in [5.74, 6) is 2.67. The van der Waals surface area contributed by atoms with E-state index in [0.717, 1.165) is 37.3 Å². The summed E-state index contributed by atoms with van der Waals surface area (Å²) in [5, 5.41) is 3.57. The molecule has 0 radical (unpaired) electrons. The van der Waals surface area contributed by atoms with Crippen molar-refractivity contribution < 1.29 is 4.74 Å². The Balaban J connectivity index is 0.00000288. The van der Waals surface area contributed by atoms with Gasteiger partial charge >= 0.3 is 0 Å². The minimum atomic E-state index is 0. The fourth-order valence-electron chi connectivity index (χ4n) is 3.16. The molecule has 0 aromatic heterocycles. The summed E-state index contributed by atoms with van der Waals surface area (Å²) in [6, 6.07) is 8.32. The first-order chi connectivity index (χ1) is 11.0. The van der Waals surface area contributed by atoms with Crippen molar-refractivity contribution in [3.8, 4) is 5.75 Å². The summed E-state index contributed by atoms with van der Waals surface area (Å²) in [6.07, 6.45) is 2.57. The van der Waals surface area contributed by atoms with Crippen LogP contribution in [0.1, 0.15) is 39.2 Å². The zero-order valence-electron chi connectivity index (χ0n) is 15.6. The summed E-state index contributed by atoms with van der Waals surface area (Å²) in [7, 11) is 3.59. The molecule has 1 aromatic carbocycles. The third-order valence-corrected chi connectivity index (χ3v) is 4.71. The van der Waals surface area contributed by atoms with Gasteiger partial charge in [0.05, 0.1) is 7.11 Å². The molecular weight excluding hydrogens is 413 g/mol. The van der Waals surface area contributed by atoms with E-state index in [1.54, 1.807) is 7.11 Å². The van der Waals surface area contributed by atoms with Crippen molar-refractivity contribution in [3.63, 3.8) is 0 Å². The number of halogens is 1. The standard InChI is InChI=1S/C19H31N3O.HI/c1-15-8-7-11-22(13-15)18(20-4)21-14-19(2,3)16-9-6-10-17(12-16)23-5;/h6,9-10,12,15H,7-8,11,13-14H2,1-5H3,(H,20,21);1H. The van der Waals surface area contributed by atoms with E-state index < -0.39 is 0 Å². The molecule has 1 aliphatic heterocycles. The zero-order valence-corrected chi connectivity index (χ0v) is 18.0. The molecule has 0 aliphatic carbocycles. The molecule has 1 saturated heterocycles. The molecule has 5 heteroatoms. The van der Waals surface area contributed by atoms with Crippen LogP contribution in [0.25, 0.3) is 0 Å². The first-order valence-electron chi connectivity index (χ1n) is 8.56. The highest BCUT2D eigenvalue weighted by Gasteiger charge is 2.24. The molecule has 1 unspecified atom stereocenters. The number of benzene rings is 1. The number of guanidine groups is 1. The summed E-state index contributed by atoms with van der Waals surface area (Å²) in [4.78, 5) is 6.87. The molecule has 2 rings (SSSR count). The lowest BCUT2D eigenvalue weighted by Gasteiger charge is -2.35. The van der Waals surface area contributed by atoms with E-state index in [1.807, 2.05) is 13.1 Å². The van der Waals surface area contributed by atoms with Crippen molar-refractivity contribution in [1.82, 2.24) is 10.2 Å². The van der Waals surface area contributed by atoms with Crippen molar-refractivity contribution in [1.29, 1.82) is 0 Å². The van der Waals surface area contributed by atoms with E-state index in [4.69, 9.17) is 4.74 Å². The highest BCUT2D eigenvalue weighted by atomic mass is 127. The van der Waals surface area contributed by atoms with E-state index in [1.165, 1.54) is 18.4 Å². The van der Waals surface area contributed by atoms with Crippen molar-refractivity contribution >= 4 is 29.9 Å². The Morgan fingerprint density at radius 2 is 2.17 bits per heavy atom. The number of likely N-dealkylation sites (tertiary alicyclic amines) is 1. The summed E-state index contributed by atoms with van der Waals surface area (Å²) < 4.78 is 5.35. The summed E-state index contributed by atoms with van der Waals surface area (Å²) >= 11 is 0. The maximum Gasteiger partial charge on any atom is 0.193 e. The van der Waals surface area contributed by atoms with Crippen molar-refractivity contribution in [3.05, 3.63) is 29.8 Å². The number of ether oxygens (including phenoxy) is 1. The van der Waals surface area contributed by atoms with E-state index in [-0.39, 0.29) is 29.4 Å². The van der Waals surface area contributed by atoms with Gasteiger partial charge in [-0.3, -0.25) is 4.99 Å². The van der Waals surface area contributed by atoms with Crippen LogP contribution in [0.5, 0.6) is 5.75 Å². The first-order valence-corrected chi connectivity index (χ1v) is 8.56. The minimum Gasteiger partial charge on any atom is -0.497 e. The molecule has 1 atom stereocenters. The molecule has 4 nitrogen and oxygen atoms in total. The van der Waals surface area contributed by atoms with E-state index in [2.05, 4.69) is 54.2 Å². The van der Waals surface area contributed by atoms with Gasteiger partial charge in [-0.2, -0.15) is 0 Å². The number of hydrogen-bond acceptors (Lipinski definition) is 2. The highest BCUT2D eigenvalue weighted by Crippen LogP contribution is 2.26. The normalized spacial score (nSPS) is 18.8. The van der Waals surface area contributed by atoms with Crippen LogP contribution in [-0.4, -0.2) is 44.7 Å². The second-order valence-electron chi connectivity index (χ2n) is 7.21. The average Bonchev–Trinajstić information content (AvgIpc) is 2.55. The van der Waals surface area contributed by atoms with Crippen molar-refractivity contribution in [2.75, 3.05) is 33.8 Å². The van der Waals surface area contributed by atoms with Crippen LogP contribution in [0.3, 0.4) is 0 Å². The molecule has 0 spiro atoms. The predicted octanol–water partition coefficient (Wildman–Crippen LogP) is 3.90. The fourth-order valence-corrected chi connectivity index (χ4v) is 3.16. The van der Waals surface area contributed by atoms with E-state index in [0.29, 0.717) is 0 Å². The van der Waals surface area contributed by atoms with E-state index >= 15 is 0 Å². The van der Waals surface area contributed by atoms with Crippen LogP contribution in [0.2, 0.25) is 0 Å². The van der Waals surface area contributed by atoms with Gasteiger partial charge in [0, 0.05) is 32.1 Å². The molecular formula is C19H32IN3O. The number of methoxy groups -OCH3 is 1. The van der Waals surface area contributed by atoms with Gasteiger partial charge in [0.1, 0.15) is 5.75 Å². The molecule has 1 N–H and O–H groups in total. The number of nitrogens with zero attached hydrogens (tertiary/aromatic N) is 2. The number of piperidine rings is 1. The largest absolute Gasteiger partial charge is 0.497 e. The van der Waals surface area contributed by atoms with Crippen molar-refractivity contribution in [2.45, 2.75) is 39.0 Å². The first kappa shape index (κ1) is 21.1. The molecule has 1 aliphatic rings. The molecule has 1 heterocycles. The third kappa shape index (κ3) is 5.53. The number of nitrogens with one attached hydrogen (secondary N) is 1. The molecule has 0 amide bonds. The number of aliphatic imine (C=N–C) groups is 1. The predicted molar refractivity (Wildman–Crippen MR) is 113 cm³/mol. The lowest BCUT2D eigenvalue weighted by atomic mass is 9.84. The Kier molecular flexibility index (Phi) is 8.33. The Morgan fingerprint density at radius 1 is 1.42 bits per heavy atom. The molecule has 1 aromatic rings. The van der Waals surface area contributed by atoms with Crippen LogP contribution >= 0.6 is 24.0 Å². The Hall–Kier alpha value is -0.980. The van der Waals surface area contributed by atoms with Gasteiger partial charge in [-0.1, -0.05) is 32.9 Å². The maximum atomic E-state index is 5.35. The third-order valence-electron chi connectivity index (χ3n) is 4.71. The number of hydrogen-bond donors (Lipinski definition) is 1. The Bertz CT molecular complexity index is 545. The quantitative estimate of drug-likeness (QED) is 0.434. The molecule has 136 valence electrons. The minimum absolute atomic E-state index is 0. The van der Waals surface area contributed by atoms with Gasteiger partial charge in [0.15, 0.2) is 5.96 Å². The molecule has 0 saturated carbocycles. The molecule has 1 fully saturated rings. The molecule has 0 bridgehead atoms. The van der Waals surface area contributed by atoms with Gasteiger partial charge < -0.3 is 15.0 Å². The van der Waals surface area contributed by atoms with Gasteiger partial charge in [0.2, 0.25) is 0 Å². The van der Waals surface area contributed by atoms with Gasteiger partial charge in [-0.25, -0.2) is 0 Å². The number of rotatable bonds is 4. The lowest BCUT2D eigenvalue weighted by Crippen LogP contribution is -2.49. The van der Waals surface area contributed by atoms with Crippen LogP contribution < -0.4 is 10.1 Å². The fraction of sp³-hybridized carbons (Fsp3) is 0.632. The van der Waals surface area contributed by atoms with Crippen LogP contribution in [0.4, 0.5) is 0 Å². The lowest BCUT2D eigenvalue weighted by molar-refractivity contribution is 0.264. The average molecular weight is 445 g/mol. The summed E-state index contributed by atoms with van der Waals surface area (Å²) in [6.45, 7) is 9.86. The van der Waals surface area contributed by atoms with Gasteiger partial charge in [-0.15, -0.1) is 24.0 Å². The maximum absolute atomic E-state index is 5.35. The highest BCUT2D eigenvalue weighted by molar-refractivity contribution is 14.0. The van der Waals surface area contributed by atoms with Crippen molar-refractivity contribution in [2.24, 2.45) is 10.9 Å². The SMILES string of the molecule is CN=C(NCC(C)(C)c1cccc(OC)c1)N1CCCC(C)C1.I. The second-order valence-corrected chi connectivity index (χ2v) is 7.21. The topological polar surface area (TPSA) is 36.9 Å². The van der Waals surface area contributed by atoms with Gasteiger partial charge in [-0.05, 0) is 36.5 Å². The molecule has 24 heavy (non-hydrogen) atoms. The van der Waals surface area contributed by atoms with Crippen LogP contribution in [0, 0.1) is 5.92 Å². The second kappa shape index (κ2) is 9.49. The van der Waals surface area contributed by atoms with Crippen LogP contribution in [0.15, 0.2) is 29.3 Å².